The van der Waals surface area contributed by atoms with Gasteiger partial charge in [0.2, 0.25) is 0 Å². The number of halogens is 1. The molecule has 0 amide bonds. The van der Waals surface area contributed by atoms with Crippen molar-refractivity contribution in [1.82, 2.24) is 4.98 Å². The molecule has 0 saturated heterocycles. The standard InChI is InChI=1S/C13H14ClN3/c1-9-5-6-11(8-12(9)14)17-16-10(2)13-4-3-7-15-13/h3-8,15,17H,1-2H3/b16-10+. The molecule has 0 saturated carbocycles. The summed E-state index contributed by atoms with van der Waals surface area (Å²) in [6, 6.07) is 9.69. The highest BCUT2D eigenvalue weighted by Gasteiger charge is 1.99. The minimum absolute atomic E-state index is 0.739. The number of benzene rings is 1. The van der Waals surface area contributed by atoms with Crippen LogP contribution < -0.4 is 5.43 Å². The summed E-state index contributed by atoms with van der Waals surface area (Å²) in [4.78, 5) is 3.10. The maximum atomic E-state index is 6.03. The van der Waals surface area contributed by atoms with Crippen molar-refractivity contribution in [3.05, 3.63) is 52.8 Å². The lowest BCUT2D eigenvalue weighted by Crippen LogP contribution is -1.99. The van der Waals surface area contributed by atoms with E-state index in [1.165, 1.54) is 0 Å². The zero-order chi connectivity index (χ0) is 12.3. The third kappa shape index (κ3) is 2.88. The Balaban J connectivity index is 2.11. The topological polar surface area (TPSA) is 40.2 Å². The third-order valence-electron chi connectivity index (χ3n) is 2.51. The van der Waals surface area contributed by atoms with E-state index in [4.69, 9.17) is 11.6 Å². The highest BCUT2D eigenvalue weighted by Crippen LogP contribution is 2.19. The summed E-state index contributed by atoms with van der Waals surface area (Å²) in [7, 11) is 0. The molecule has 2 rings (SSSR count). The predicted molar refractivity (Wildman–Crippen MR) is 72.8 cm³/mol. The molecule has 0 aliphatic heterocycles. The maximum Gasteiger partial charge on any atom is 0.0810 e. The fourth-order valence-electron chi connectivity index (χ4n) is 1.43. The zero-order valence-corrected chi connectivity index (χ0v) is 10.5. The SMILES string of the molecule is C/C(=N\Nc1ccc(C)c(Cl)c1)c1ccc[nH]1. The normalized spacial score (nSPS) is 11.6. The van der Waals surface area contributed by atoms with Crippen molar-refractivity contribution in [3.8, 4) is 0 Å². The molecule has 1 heterocycles. The monoisotopic (exact) mass is 247 g/mol. The molecule has 0 atom stereocenters. The summed E-state index contributed by atoms with van der Waals surface area (Å²) in [5, 5.41) is 5.02. The Hall–Kier alpha value is -1.74. The summed E-state index contributed by atoms with van der Waals surface area (Å²) < 4.78 is 0. The number of nitrogens with zero attached hydrogens (tertiary/aromatic N) is 1. The molecular weight excluding hydrogens is 234 g/mol. The summed E-state index contributed by atoms with van der Waals surface area (Å²) in [6.07, 6.45) is 1.87. The van der Waals surface area contributed by atoms with Gasteiger partial charge in [-0.25, -0.2) is 0 Å². The average Bonchev–Trinajstić information content (AvgIpc) is 2.84. The van der Waals surface area contributed by atoms with E-state index in [9.17, 15) is 0 Å². The quantitative estimate of drug-likeness (QED) is 0.628. The van der Waals surface area contributed by atoms with Gasteiger partial charge in [0.05, 0.1) is 17.1 Å². The van der Waals surface area contributed by atoms with Gasteiger partial charge >= 0.3 is 0 Å². The van der Waals surface area contributed by atoms with Crippen molar-refractivity contribution < 1.29 is 0 Å². The van der Waals surface area contributed by atoms with Crippen LogP contribution in [0.5, 0.6) is 0 Å². The van der Waals surface area contributed by atoms with Crippen molar-refractivity contribution in [1.29, 1.82) is 0 Å². The van der Waals surface area contributed by atoms with Gasteiger partial charge in [-0.15, -0.1) is 0 Å². The molecule has 4 heteroatoms. The molecule has 2 N–H and O–H groups in total. The number of hydrogen-bond donors (Lipinski definition) is 2. The summed E-state index contributed by atoms with van der Waals surface area (Å²) in [5.41, 5.74) is 6.81. The lowest BCUT2D eigenvalue weighted by molar-refractivity contribution is 1.28. The molecule has 0 aliphatic rings. The second-order valence-electron chi connectivity index (χ2n) is 3.86. The summed E-state index contributed by atoms with van der Waals surface area (Å²) in [6.45, 7) is 3.91. The molecule has 3 nitrogen and oxygen atoms in total. The Bertz CT molecular complexity index is 530. The first kappa shape index (κ1) is 11.7. The molecule has 1 aromatic carbocycles. The second-order valence-corrected chi connectivity index (χ2v) is 4.26. The second kappa shape index (κ2) is 5.06. The Morgan fingerprint density at radius 1 is 1.35 bits per heavy atom. The van der Waals surface area contributed by atoms with E-state index in [2.05, 4.69) is 15.5 Å². The van der Waals surface area contributed by atoms with Crippen molar-refractivity contribution in [2.45, 2.75) is 13.8 Å². The Morgan fingerprint density at radius 2 is 2.18 bits per heavy atom. The van der Waals surface area contributed by atoms with Crippen LogP contribution >= 0.6 is 11.6 Å². The van der Waals surface area contributed by atoms with Gasteiger partial charge in [0.25, 0.3) is 0 Å². The summed E-state index contributed by atoms with van der Waals surface area (Å²) in [5.74, 6) is 0. The van der Waals surface area contributed by atoms with Crippen LogP contribution in [0.3, 0.4) is 0 Å². The van der Waals surface area contributed by atoms with E-state index in [0.717, 1.165) is 27.7 Å². The number of aromatic nitrogens is 1. The zero-order valence-electron chi connectivity index (χ0n) is 9.79. The molecule has 0 radical (unpaired) electrons. The van der Waals surface area contributed by atoms with Crippen molar-refractivity contribution in [3.63, 3.8) is 0 Å². The number of rotatable bonds is 3. The van der Waals surface area contributed by atoms with E-state index >= 15 is 0 Å². The minimum Gasteiger partial charge on any atom is -0.360 e. The van der Waals surface area contributed by atoms with Gasteiger partial charge in [0, 0.05) is 11.2 Å². The maximum absolute atomic E-state index is 6.03. The Labute approximate surface area is 106 Å². The van der Waals surface area contributed by atoms with Gasteiger partial charge in [-0.2, -0.15) is 5.10 Å². The number of hydrazone groups is 1. The Kier molecular flexibility index (Phi) is 3.49. The van der Waals surface area contributed by atoms with Crippen LogP contribution in [0.25, 0.3) is 0 Å². The molecule has 2 aromatic rings. The molecule has 0 bridgehead atoms. The van der Waals surface area contributed by atoms with Crippen LogP contribution in [0.2, 0.25) is 5.02 Å². The minimum atomic E-state index is 0.739. The molecule has 17 heavy (non-hydrogen) atoms. The number of aryl methyl sites for hydroxylation is 1. The van der Waals surface area contributed by atoms with Crippen LogP contribution in [0.15, 0.2) is 41.6 Å². The fraction of sp³-hybridized carbons (Fsp3) is 0.154. The number of anilines is 1. The lowest BCUT2D eigenvalue weighted by atomic mass is 10.2. The molecule has 0 aliphatic carbocycles. The first-order valence-electron chi connectivity index (χ1n) is 5.37. The van der Waals surface area contributed by atoms with E-state index in [-0.39, 0.29) is 0 Å². The van der Waals surface area contributed by atoms with Crippen LogP contribution in [-0.4, -0.2) is 10.7 Å². The molecule has 0 unspecified atom stereocenters. The smallest absolute Gasteiger partial charge is 0.0810 e. The summed E-state index contributed by atoms with van der Waals surface area (Å²) >= 11 is 6.03. The lowest BCUT2D eigenvalue weighted by Gasteiger charge is -2.04. The van der Waals surface area contributed by atoms with Crippen molar-refractivity contribution in [2.24, 2.45) is 5.10 Å². The first-order chi connectivity index (χ1) is 8.16. The van der Waals surface area contributed by atoms with Gasteiger partial charge in [-0.1, -0.05) is 17.7 Å². The average molecular weight is 248 g/mol. The van der Waals surface area contributed by atoms with E-state index < -0.39 is 0 Å². The molecule has 1 aromatic heterocycles. The number of nitrogens with one attached hydrogen (secondary N) is 2. The molecule has 0 spiro atoms. The first-order valence-corrected chi connectivity index (χ1v) is 5.75. The fourth-order valence-corrected chi connectivity index (χ4v) is 1.61. The van der Waals surface area contributed by atoms with Crippen LogP contribution in [0.1, 0.15) is 18.2 Å². The highest BCUT2D eigenvalue weighted by molar-refractivity contribution is 6.31. The molecular formula is C13H14ClN3. The number of hydrogen-bond acceptors (Lipinski definition) is 2. The van der Waals surface area contributed by atoms with E-state index in [0.29, 0.717) is 0 Å². The predicted octanol–water partition coefficient (Wildman–Crippen LogP) is 3.81. The van der Waals surface area contributed by atoms with Crippen molar-refractivity contribution >= 4 is 23.0 Å². The highest BCUT2D eigenvalue weighted by atomic mass is 35.5. The molecule has 88 valence electrons. The largest absolute Gasteiger partial charge is 0.360 e. The van der Waals surface area contributed by atoms with Gasteiger partial charge in [0.15, 0.2) is 0 Å². The van der Waals surface area contributed by atoms with Gasteiger partial charge in [-0.05, 0) is 43.7 Å². The van der Waals surface area contributed by atoms with E-state index in [1.54, 1.807) is 0 Å². The number of aromatic amines is 1. The molecule has 0 fully saturated rings. The third-order valence-corrected chi connectivity index (χ3v) is 2.92. The number of H-pyrrole nitrogens is 1. The van der Waals surface area contributed by atoms with E-state index in [1.807, 2.05) is 50.4 Å². The van der Waals surface area contributed by atoms with Gasteiger partial charge in [-0.3, -0.25) is 5.43 Å². The van der Waals surface area contributed by atoms with Gasteiger partial charge < -0.3 is 4.98 Å². The van der Waals surface area contributed by atoms with Crippen molar-refractivity contribution in [2.75, 3.05) is 5.43 Å². The van der Waals surface area contributed by atoms with Crippen LogP contribution in [0.4, 0.5) is 5.69 Å². The van der Waals surface area contributed by atoms with Gasteiger partial charge in [0.1, 0.15) is 0 Å². The Morgan fingerprint density at radius 3 is 2.82 bits per heavy atom. The van der Waals surface area contributed by atoms with Crippen LogP contribution in [0, 0.1) is 6.92 Å². The van der Waals surface area contributed by atoms with Crippen LogP contribution in [-0.2, 0) is 0 Å².